The van der Waals surface area contributed by atoms with E-state index in [1.165, 1.54) is 6.21 Å². The Morgan fingerprint density at radius 2 is 2.50 bits per heavy atom. The zero-order valence-corrected chi connectivity index (χ0v) is 5.40. The number of hydrogen-bond donors (Lipinski definition) is 1. The van der Waals surface area contributed by atoms with Crippen molar-refractivity contribution in [1.29, 1.82) is 0 Å². The zero-order chi connectivity index (χ0) is 7.23. The Bertz CT molecular complexity index is 224. The molecule has 0 fully saturated rings. The van der Waals surface area contributed by atoms with E-state index in [2.05, 4.69) is 5.10 Å². The molecular weight excluding hydrogens is 128 g/mol. The molecule has 1 aromatic heterocycles. The number of hydrogen-bond acceptors (Lipinski definition) is 3. The number of allylic oxidation sites excluding steroid dienone is 1. The molecule has 3 heteroatoms. The first-order chi connectivity index (χ1) is 4.93. The van der Waals surface area contributed by atoms with Gasteiger partial charge in [0.15, 0.2) is 0 Å². The third-order valence-corrected chi connectivity index (χ3v) is 0.976. The Morgan fingerprint density at radius 1 is 1.60 bits per heavy atom. The van der Waals surface area contributed by atoms with E-state index in [1.807, 2.05) is 12.1 Å². The molecule has 10 heavy (non-hydrogen) atoms. The standard InChI is InChI=1S/C7H8N2O/c8-9-5-1-3-7-4-2-6-10-7/h1-6H,8H2/b3-1+,9-5-. The molecule has 0 spiro atoms. The minimum absolute atomic E-state index is 0.792. The van der Waals surface area contributed by atoms with E-state index < -0.39 is 0 Å². The molecular formula is C7H8N2O. The van der Waals surface area contributed by atoms with Crippen LogP contribution in [-0.2, 0) is 0 Å². The van der Waals surface area contributed by atoms with E-state index in [1.54, 1.807) is 18.4 Å². The van der Waals surface area contributed by atoms with Crippen molar-refractivity contribution in [2.45, 2.75) is 0 Å². The molecule has 0 bridgehead atoms. The van der Waals surface area contributed by atoms with Crippen molar-refractivity contribution >= 4 is 12.3 Å². The van der Waals surface area contributed by atoms with E-state index in [0.717, 1.165) is 5.76 Å². The lowest BCUT2D eigenvalue weighted by Gasteiger charge is -1.77. The summed E-state index contributed by atoms with van der Waals surface area (Å²) in [4.78, 5) is 0. The average molecular weight is 136 g/mol. The van der Waals surface area contributed by atoms with E-state index in [4.69, 9.17) is 10.3 Å². The van der Waals surface area contributed by atoms with Gasteiger partial charge in [0, 0.05) is 6.21 Å². The SMILES string of the molecule is N/N=C\C=C\c1ccco1. The summed E-state index contributed by atoms with van der Waals surface area (Å²) in [7, 11) is 0. The summed E-state index contributed by atoms with van der Waals surface area (Å²) in [6, 6.07) is 3.67. The smallest absolute Gasteiger partial charge is 0.126 e. The molecule has 0 aliphatic rings. The maximum Gasteiger partial charge on any atom is 0.126 e. The quantitative estimate of drug-likeness (QED) is 0.377. The first-order valence-corrected chi connectivity index (χ1v) is 2.87. The molecule has 0 aromatic carbocycles. The fraction of sp³-hybridized carbons (Fsp3) is 0. The average Bonchev–Trinajstić information content (AvgIpc) is 2.41. The van der Waals surface area contributed by atoms with Crippen LogP contribution in [0.15, 0.2) is 34.0 Å². The first-order valence-electron chi connectivity index (χ1n) is 2.87. The summed E-state index contributed by atoms with van der Waals surface area (Å²) in [6.07, 6.45) is 6.58. The topological polar surface area (TPSA) is 51.5 Å². The van der Waals surface area contributed by atoms with Gasteiger partial charge in [-0.05, 0) is 24.3 Å². The molecule has 0 saturated heterocycles. The predicted octanol–water partition coefficient (Wildman–Crippen LogP) is 1.24. The van der Waals surface area contributed by atoms with Crippen molar-refractivity contribution in [3.05, 3.63) is 30.2 Å². The second-order valence-electron chi connectivity index (χ2n) is 1.67. The highest BCUT2D eigenvalue weighted by atomic mass is 16.3. The largest absolute Gasteiger partial charge is 0.465 e. The van der Waals surface area contributed by atoms with Gasteiger partial charge in [-0.15, -0.1) is 0 Å². The Labute approximate surface area is 58.8 Å². The molecule has 0 amide bonds. The maximum absolute atomic E-state index is 4.99. The highest BCUT2D eigenvalue weighted by molar-refractivity contribution is 5.77. The van der Waals surface area contributed by atoms with Crippen LogP contribution in [0.3, 0.4) is 0 Å². The molecule has 0 atom stereocenters. The Kier molecular flexibility index (Phi) is 2.31. The van der Waals surface area contributed by atoms with Crippen LogP contribution in [0.25, 0.3) is 6.08 Å². The van der Waals surface area contributed by atoms with Gasteiger partial charge in [0.25, 0.3) is 0 Å². The van der Waals surface area contributed by atoms with Crippen LogP contribution in [0.1, 0.15) is 5.76 Å². The van der Waals surface area contributed by atoms with Crippen molar-refractivity contribution in [2.24, 2.45) is 10.9 Å². The third-order valence-electron chi connectivity index (χ3n) is 0.976. The highest BCUT2D eigenvalue weighted by Gasteiger charge is 1.83. The lowest BCUT2D eigenvalue weighted by Crippen LogP contribution is -1.77. The number of furan rings is 1. The summed E-state index contributed by atoms with van der Waals surface area (Å²) < 4.78 is 4.99. The van der Waals surface area contributed by atoms with Crippen molar-refractivity contribution in [3.8, 4) is 0 Å². The molecule has 1 rings (SSSR count). The highest BCUT2D eigenvalue weighted by Crippen LogP contribution is 2.00. The predicted molar refractivity (Wildman–Crippen MR) is 40.4 cm³/mol. The molecule has 52 valence electrons. The van der Waals surface area contributed by atoms with Crippen LogP contribution in [-0.4, -0.2) is 6.21 Å². The fourth-order valence-electron chi connectivity index (χ4n) is 0.574. The minimum Gasteiger partial charge on any atom is -0.465 e. The van der Waals surface area contributed by atoms with Crippen molar-refractivity contribution in [2.75, 3.05) is 0 Å². The van der Waals surface area contributed by atoms with Gasteiger partial charge in [-0.1, -0.05) is 0 Å². The molecule has 0 radical (unpaired) electrons. The number of nitrogens with zero attached hydrogens (tertiary/aromatic N) is 1. The monoisotopic (exact) mass is 136 g/mol. The van der Waals surface area contributed by atoms with Gasteiger partial charge in [-0.25, -0.2) is 0 Å². The van der Waals surface area contributed by atoms with Gasteiger partial charge in [-0.3, -0.25) is 0 Å². The molecule has 1 heterocycles. The number of hydrazone groups is 1. The van der Waals surface area contributed by atoms with Crippen LogP contribution in [0.2, 0.25) is 0 Å². The maximum atomic E-state index is 4.99. The third kappa shape index (κ3) is 1.78. The summed E-state index contributed by atoms with van der Waals surface area (Å²) in [6.45, 7) is 0. The van der Waals surface area contributed by atoms with E-state index in [9.17, 15) is 0 Å². The van der Waals surface area contributed by atoms with Crippen LogP contribution in [0, 0.1) is 0 Å². The molecule has 0 unspecified atom stereocenters. The molecule has 0 aliphatic heterocycles. The zero-order valence-electron chi connectivity index (χ0n) is 5.40. The summed E-state index contributed by atoms with van der Waals surface area (Å²) in [5, 5.41) is 3.28. The van der Waals surface area contributed by atoms with Crippen molar-refractivity contribution < 1.29 is 4.42 Å². The van der Waals surface area contributed by atoms with Gasteiger partial charge in [0.05, 0.1) is 6.26 Å². The van der Waals surface area contributed by atoms with Crippen molar-refractivity contribution in [3.63, 3.8) is 0 Å². The van der Waals surface area contributed by atoms with E-state index in [0.29, 0.717) is 0 Å². The second-order valence-corrected chi connectivity index (χ2v) is 1.67. The van der Waals surface area contributed by atoms with E-state index in [-0.39, 0.29) is 0 Å². The summed E-state index contributed by atoms with van der Waals surface area (Å²) in [5.74, 6) is 5.65. The molecule has 2 N–H and O–H groups in total. The second kappa shape index (κ2) is 3.50. The van der Waals surface area contributed by atoms with Gasteiger partial charge < -0.3 is 10.3 Å². The van der Waals surface area contributed by atoms with Crippen LogP contribution >= 0.6 is 0 Å². The molecule has 3 nitrogen and oxygen atoms in total. The van der Waals surface area contributed by atoms with Crippen LogP contribution < -0.4 is 5.84 Å². The Balaban J connectivity index is 2.55. The fourth-order valence-corrected chi connectivity index (χ4v) is 0.574. The van der Waals surface area contributed by atoms with Gasteiger partial charge in [-0.2, -0.15) is 5.10 Å². The van der Waals surface area contributed by atoms with Crippen molar-refractivity contribution in [1.82, 2.24) is 0 Å². The Morgan fingerprint density at radius 3 is 3.10 bits per heavy atom. The van der Waals surface area contributed by atoms with Gasteiger partial charge >= 0.3 is 0 Å². The van der Waals surface area contributed by atoms with Gasteiger partial charge in [0.2, 0.25) is 0 Å². The first kappa shape index (κ1) is 6.61. The number of rotatable bonds is 2. The lowest BCUT2D eigenvalue weighted by atomic mass is 10.4. The van der Waals surface area contributed by atoms with Crippen LogP contribution in [0.4, 0.5) is 0 Å². The lowest BCUT2D eigenvalue weighted by molar-refractivity contribution is 0.557. The summed E-state index contributed by atoms with van der Waals surface area (Å²) >= 11 is 0. The van der Waals surface area contributed by atoms with E-state index >= 15 is 0 Å². The Hall–Kier alpha value is -1.51. The molecule has 0 aliphatic carbocycles. The summed E-state index contributed by atoms with van der Waals surface area (Å²) in [5.41, 5.74) is 0. The normalized spacial score (nSPS) is 11.6. The minimum atomic E-state index is 0.792. The number of nitrogens with two attached hydrogens (primary N) is 1. The van der Waals surface area contributed by atoms with Gasteiger partial charge in [0.1, 0.15) is 5.76 Å². The molecule has 0 saturated carbocycles. The van der Waals surface area contributed by atoms with Crippen LogP contribution in [0.5, 0.6) is 0 Å². The molecule has 1 aromatic rings.